The lowest BCUT2D eigenvalue weighted by Crippen LogP contribution is -2.59. The number of hydrogen-bond donors (Lipinski definition) is 2. The summed E-state index contributed by atoms with van der Waals surface area (Å²) in [4.78, 5) is 24.3. The van der Waals surface area contributed by atoms with Gasteiger partial charge in [-0.3, -0.25) is 14.9 Å². The molecule has 0 aromatic rings. The Hall–Kier alpha value is -1.35. The van der Waals surface area contributed by atoms with E-state index in [1.54, 1.807) is 0 Å². The lowest BCUT2D eigenvalue weighted by molar-refractivity contribution is -0.153. The Balaban J connectivity index is 1.76. The molecule has 29 heavy (non-hydrogen) atoms. The smallest absolute Gasteiger partial charge is 0.290 e. The van der Waals surface area contributed by atoms with Crippen molar-refractivity contribution in [1.29, 1.82) is 0 Å². The molecule has 0 aromatic heterocycles. The van der Waals surface area contributed by atoms with Crippen molar-refractivity contribution in [3.05, 3.63) is 0 Å². The van der Waals surface area contributed by atoms with Gasteiger partial charge < -0.3 is 0 Å². The highest BCUT2D eigenvalue weighted by Gasteiger charge is 2.61. The number of carbonyl (C=O) groups excluding carboxylic acids is 2. The summed E-state index contributed by atoms with van der Waals surface area (Å²) in [6.07, 6.45) is 3.67. The molecule has 166 valence electrons. The average molecular weight is 468 g/mol. The van der Waals surface area contributed by atoms with Gasteiger partial charge in [0.2, 0.25) is 5.91 Å². The van der Waals surface area contributed by atoms with Crippen molar-refractivity contribution in [3.63, 3.8) is 0 Å². The normalized spacial score (nSPS) is 32.2. The van der Waals surface area contributed by atoms with E-state index in [9.17, 15) is 48.4 Å². The van der Waals surface area contributed by atoms with Gasteiger partial charge in [0.25, 0.3) is 0 Å². The second kappa shape index (κ2) is 6.57. The number of carbonyl (C=O) groups is 2. The second-order valence-electron chi connectivity index (χ2n) is 8.03. The Bertz CT molecular complexity index is 909. The van der Waals surface area contributed by atoms with E-state index in [0.717, 1.165) is 19.3 Å². The molecular weight excluding hydrogens is 451 g/mol. The number of rotatable bonds is 5. The molecule has 4 rings (SSSR count). The van der Waals surface area contributed by atoms with Crippen LogP contribution in [0.3, 0.4) is 0 Å². The zero-order valence-electron chi connectivity index (χ0n) is 14.6. The minimum Gasteiger partial charge on any atom is -0.290 e. The van der Waals surface area contributed by atoms with Gasteiger partial charge in [-0.25, -0.2) is 16.8 Å². The Labute approximate surface area is 162 Å². The summed E-state index contributed by atoms with van der Waals surface area (Å²) in [5, 5.41) is -4.35. The molecule has 15 heteroatoms. The van der Waals surface area contributed by atoms with Crippen LogP contribution in [0, 0.1) is 23.2 Å². The summed E-state index contributed by atoms with van der Waals surface area (Å²) in [6, 6.07) is 0. The SMILES string of the molecule is O=C(NC(=O)C(F)(F)S(=O)(=O)NS(=O)(=O)C(F)(F)F)C12CC3CC(CC(C3)C1)C2. The standard InChI is InChI=1S/C14H17F5N2O6S2/c15-13(16,28(24,25)21-29(26,27)14(17,18)19)11(23)20-10(22)12-4-7-1-8(5-12)3-9(2-7)6-12/h7-9,21H,1-6H2,(H,20,22,23). The molecule has 0 heterocycles. The highest BCUT2D eigenvalue weighted by atomic mass is 32.3. The van der Waals surface area contributed by atoms with Gasteiger partial charge >= 0.3 is 36.7 Å². The molecule has 0 saturated heterocycles. The molecule has 4 saturated carbocycles. The fraction of sp³-hybridized carbons (Fsp3) is 0.857. The van der Waals surface area contributed by atoms with Crippen LogP contribution in [-0.4, -0.2) is 39.4 Å². The maximum atomic E-state index is 14.0. The predicted molar refractivity (Wildman–Crippen MR) is 85.7 cm³/mol. The van der Waals surface area contributed by atoms with Crippen LogP contribution < -0.4 is 9.44 Å². The van der Waals surface area contributed by atoms with E-state index >= 15 is 0 Å². The maximum Gasteiger partial charge on any atom is 0.512 e. The fourth-order valence-corrected chi connectivity index (χ4v) is 7.31. The molecule has 0 unspecified atom stereocenters. The van der Waals surface area contributed by atoms with Gasteiger partial charge in [-0.2, -0.15) is 22.0 Å². The molecule has 0 aliphatic heterocycles. The van der Waals surface area contributed by atoms with Crippen molar-refractivity contribution < 1.29 is 48.4 Å². The molecule has 4 fully saturated rings. The molecule has 4 aliphatic carbocycles. The van der Waals surface area contributed by atoms with Crippen LogP contribution in [0.15, 0.2) is 0 Å². The van der Waals surface area contributed by atoms with Gasteiger partial charge in [-0.1, -0.05) is 4.13 Å². The number of alkyl halides is 5. The van der Waals surface area contributed by atoms with Gasteiger partial charge in [0.15, 0.2) is 0 Å². The third-order valence-electron chi connectivity index (χ3n) is 5.87. The van der Waals surface area contributed by atoms with Gasteiger partial charge in [0, 0.05) is 0 Å². The number of halogens is 5. The number of hydrogen-bond acceptors (Lipinski definition) is 6. The van der Waals surface area contributed by atoms with Gasteiger partial charge in [-0.15, -0.1) is 0 Å². The van der Waals surface area contributed by atoms with Gasteiger partial charge in [0.05, 0.1) is 5.41 Å². The van der Waals surface area contributed by atoms with E-state index in [2.05, 4.69) is 0 Å². The van der Waals surface area contributed by atoms with E-state index < -0.39 is 48.0 Å². The molecule has 4 aliphatic rings. The molecule has 2 N–H and O–H groups in total. The number of imide groups is 1. The summed E-state index contributed by atoms with van der Waals surface area (Å²) in [5.74, 6) is -3.27. The zero-order chi connectivity index (χ0) is 22.0. The summed E-state index contributed by atoms with van der Waals surface area (Å²) < 4.78 is 109. The van der Waals surface area contributed by atoms with Crippen LogP contribution in [-0.2, 0) is 29.6 Å². The minimum atomic E-state index is -6.72. The first-order valence-corrected chi connectivity index (χ1v) is 11.5. The first-order chi connectivity index (χ1) is 13.0. The number of nitrogens with one attached hydrogen (secondary N) is 2. The average Bonchev–Trinajstić information content (AvgIpc) is 2.51. The van der Waals surface area contributed by atoms with Crippen molar-refractivity contribution in [1.82, 2.24) is 9.44 Å². The number of sulfonamides is 2. The van der Waals surface area contributed by atoms with E-state index in [0.29, 0.717) is 19.3 Å². The van der Waals surface area contributed by atoms with Crippen molar-refractivity contribution in [2.45, 2.75) is 49.3 Å². The molecule has 0 radical (unpaired) electrons. The third-order valence-corrected chi connectivity index (χ3v) is 9.10. The van der Waals surface area contributed by atoms with Gasteiger partial charge in [0.1, 0.15) is 0 Å². The highest BCUT2D eigenvalue weighted by Crippen LogP contribution is 2.60. The van der Waals surface area contributed by atoms with E-state index in [-0.39, 0.29) is 21.9 Å². The van der Waals surface area contributed by atoms with Gasteiger partial charge in [-0.05, 0) is 56.3 Å². The summed E-state index contributed by atoms with van der Waals surface area (Å²) in [7, 11) is -13.4. The van der Waals surface area contributed by atoms with Crippen LogP contribution in [0.1, 0.15) is 38.5 Å². The molecule has 0 atom stereocenters. The monoisotopic (exact) mass is 468 g/mol. The van der Waals surface area contributed by atoms with Crippen molar-refractivity contribution >= 4 is 31.9 Å². The molecule has 8 nitrogen and oxygen atoms in total. The topological polar surface area (TPSA) is 126 Å². The summed E-state index contributed by atoms with van der Waals surface area (Å²) >= 11 is 0. The Morgan fingerprint density at radius 2 is 1.21 bits per heavy atom. The Morgan fingerprint density at radius 1 is 0.793 bits per heavy atom. The molecule has 2 amide bonds. The van der Waals surface area contributed by atoms with Crippen molar-refractivity contribution in [2.24, 2.45) is 23.2 Å². The van der Waals surface area contributed by atoms with Crippen LogP contribution in [0.5, 0.6) is 0 Å². The quantitative estimate of drug-likeness (QED) is 0.584. The van der Waals surface area contributed by atoms with Crippen LogP contribution in [0.2, 0.25) is 0 Å². The molecule has 4 bridgehead atoms. The lowest BCUT2D eigenvalue weighted by atomic mass is 9.49. The van der Waals surface area contributed by atoms with E-state index in [4.69, 9.17) is 0 Å². The molecule has 0 aromatic carbocycles. The van der Waals surface area contributed by atoms with E-state index in [1.165, 1.54) is 5.32 Å². The number of amides is 2. The maximum absolute atomic E-state index is 14.0. The Morgan fingerprint density at radius 3 is 1.59 bits per heavy atom. The lowest BCUT2D eigenvalue weighted by Gasteiger charge is -2.55. The minimum absolute atomic E-state index is 0.185. The molecule has 0 spiro atoms. The van der Waals surface area contributed by atoms with Crippen molar-refractivity contribution in [3.8, 4) is 0 Å². The summed E-state index contributed by atoms with van der Waals surface area (Å²) in [6.45, 7) is 0. The van der Waals surface area contributed by atoms with Crippen molar-refractivity contribution in [2.75, 3.05) is 0 Å². The largest absolute Gasteiger partial charge is 0.512 e. The first-order valence-electron chi connectivity index (χ1n) is 8.57. The van der Waals surface area contributed by atoms with Crippen LogP contribution in [0.25, 0.3) is 0 Å². The van der Waals surface area contributed by atoms with Crippen LogP contribution in [0.4, 0.5) is 22.0 Å². The Kier molecular flexibility index (Phi) is 5.06. The fourth-order valence-electron chi connectivity index (χ4n) is 5.06. The molecular formula is C14H17F5N2O6S2. The van der Waals surface area contributed by atoms with Crippen LogP contribution >= 0.6 is 0 Å². The predicted octanol–water partition coefficient (Wildman–Crippen LogP) is 1.21. The highest BCUT2D eigenvalue weighted by molar-refractivity contribution is 8.05. The zero-order valence-corrected chi connectivity index (χ0v) is 16.3. The third kappa shape index (κ3) is 3.76. The first kappa shape index (κ1) is 22.3. The summed E-state index contributed by atoms with van der Waals surface area (Å²) in [5.41, 5.74) is -7.32. The van der Waals surface area contributed by atoms with E-state index in [1.807, 2.05) is 0 Å². The second-order valence-corrected chi connectivity index (χ2v) is 11.7.